The van der Waals surface area contributed by atoms with Crippen LogP contribution in [0, 0.1) is 5.92 Å². The van der Waals surface area contributed by atoms with Crippen molar-refractivity contribution in [3.05, 3.63) is 29.8 Å². The molecule has 108 valence electrons. The Bertz CT molecular complexity index is 504. The van der Waals surface area contributed by atoms with Crippen molar-refractivity contribution in [2.75, 3.05) is 19.7 Å². The third kappa shape index (κ3) is 3.27. The molecular formula is C14H19N3O3. The van der Waals surface area contributed by atoms with Crippen LogP contribution >= 0.6 is 0 Å². The number of hydrogen-bond donors (Lipinski definition) is 2. The number of nitrogens with two attached hydrogens (primary N) is 2. The van der Waals surface area contributed by atoms with E-state index in [1.165, 1.54) is 0 Å². The Morgan fingerprint density at radius 3 is 2.75 bits per heavy atom. The van der Waals surface area contributed by atoms with Crippen molar-refractivity contribution in [1.82, 2.24) is 4.90 Å². The lowest BCUT2D eigenvalue weighted by molar-refractivity contribution is -0.132. The summed E-state index contributed by atoms with van der Waals surface area (Å²) in [4.78, 5) is 24.7. The Hall–Kier alpha value is -2.08. The zero-order valence-electron chi connectivity index (χ0n) is 11.2. The number of primary amides is 1. The highest BCUT2D eigenvalue weighted by Gasteiger charge is 2.29. The normalized spacial score (nSPS) is 18.1. The molecular weight excluding hydrogens is 258 g/mol. The van der Waals surface area contributed by atoms with Crippen LogP contribution in [0.5, 0.6) is 5.75 Å². The van der Waals surface area contributed by atoms with Gasteiger partial charge in [-0.05, 0) is 12.5 Å². The van der Waals surface area contributed by atoms with E-state index in [0.29, 0.717) is 31.8 Å². The van der Waals surface area contributed by atoms with E-state index in [9.17, 15) is 9.59 Å². The molecule has 4 N–H and O–H groups in total. The van der Waals surface area contributed by atoms with Crippen LogP contribution in [0.15, 0.2) is 24.3 Å². The van der Waals surface area contributed by atoms with Crippen molar-refractivity contribution in [1.29, 1.82) is 0 Å². The molecule has 1 aliphatic heterocycles. The van der Waals surface area contributed by atoms with Crippen molar-refractivity contribution < 1.29 is 14.3 Å². The molecule has 1 atom stereocenters. The second kappa shape index (κ2) is 6.38. The molecule has 6 heteroatoms. The van der Waals surface area contributed by atoms with Gasteiger partial charge < -0.3 is 21.1 Å². The van der Waals surface area contributed by atoms with Gasteiger partial charge in [0.05, 0.1) is 5.92 Å². The van der Waals surface area contributed by atoms with E-state index < -0.39 is 0 Å². The first kappa shape index (κ1) is 14.3. The second-order valence-electron chi connectivity index (χ2n) is 4.83. The summed E-state index contributed by atoms with van der Waals surface area (Å²) in [6, 6.07) is 7.34. The number of para-hydroxylation sites is 1. The van der Waals surface area contributed by atoms with Crippen LogP contribution in [-0.4, -0.2) is 36.4 Å². The molecule has 1 aromatic carbocycles. The molecule has 0 bridgehead atoms. The molecule has 2 rings (SSSR count). The lowest BCUT2D eigenvalue weighted by atomic mass is 10.1. The molecule has 0 saturated carbocycles. The second-order valence-corrected chi connectivity index (χ2v) is 4.83. The fourth-order valence-corrected chi connectivity index (χ4v) is 2.26. The number of hydrogen-bond acceptors (Lipinski definition) is 4. The van der Waals surface area contributed by atoms with Gasteiger partial charge in [0.2, 0.25) is 5.91 Å². The highest BCUT2D eigenvalue weighted by Crippen LogP contribution is 2.19. The maximum atomic E-state index is 12.0. The number of carbonyl (C=O) groups is 2. The Labute approximate surface area is 117 Å². The van der Waals surface area contributed by atoms with Gasteiger partial charge in [-0.1, -0.05) is 18.2 Å². The number of benzene rings is 1. The molecule has 6 nitrogen and oxygen atoms in total. The fourth-order valence-electron chi connectivity index (χ4n) is 2.26. The molecule has 1 saturated heterocycles. The lowest BCUT2D eigenvalue weighted by Gasteiger charge is -2.17. The van der Waals surface area contributed by atoms with E-state index in [1.807, 2.05) is 18.2 Å². The first-order valence-electron chi connectivity index (χ1n) is 6.59. The van der Waals surface area contributed by atoms with E-state index in [-0.39, 0.29) is 24.3 Å². The van der Waals surface area contributed by atoms with E-state index in [0.717, 1.165) is 5.56 Å². The monoisotopic (exact) mass is 277 g/mol. The summed E-state index contributed by atoms with van der Waals surface area (Å²) in [6.45, 7) is 1.24. The maximum Gasteiger partial charge on any atom is 0.260 e. The Morgan fingerprint density at radius 1 is 1.35 bits per heavy atom. The molecule has 0 radical (unpaired) electrons. The van der Waals surface area contributed by atoms with E-state index in [1.54, 1.807) is 11.0 Å². The summed E-state index contributed by atoms with van der Waals surface area (Å²) >= 11 is 0. The van der Waals surface area contributed by atoms with Crippen molar-refractivity contribution in [3.63, 3.8) is 0 Å². The molecule has 0 aliphatic carbocycles. The standard InChI is InChI=1S/C14H19N3O3/c15-7-10-3-1-2-4-12(10)20-9-13(18)17-6-5-11(8-17)14(16)19/h1-4,11H,5-9,15H2,(H2,16,19). The number of amides is 2. The average Bonchev–Trinajstić information content (AvgIpc) is 2.95. The molecule has 1 aromatic rings. The number of carbonyl (C=O) groups excluding carboxylic acids is 2. The SMILES string of the molecule is NCc1ccccc1OCC(=O)N1CCC(C(N)=O)C1. The minimum Gasteiger partial charge on any atom is -0.483 e. The van der Waals surface area contributed by atoms with Crippen molar-refractivity contribution in [2.24, 2.45) is 17.4 Å². The minimum absolute atomic E-state index is 0.0531. The van der Waals surface area contributed by atoms with Gasteiger partial charge >= 0.3 is 0 Å². The summed E-state index contributed by atoms with van der Waals surface area (Å²) in [5.41, 5.74) is 11.7. The van der Waals surface area contributed by atoms with E-state index in [2.05, 4.69) is 0 Å². The number of nitrogens with zero attached hydrogens (tertiary/aromatic N) is 1. The third-order valence-corrected chi connectivity index (χ3v) is 3.49. The van der Waals surface area contributed by atoms with Crippen molar-refractivity contribution in [2.45, 2.75) is 13.0 Å². The third-order valence-electron chi connectivity index (χ3n) is 3.49. The van der Waals surface area contributed by atoms with Gasteiger partial charge in [0, 0.05) is 25.2 Å². The molecule has 0 aromatic heterocycles. The molecule has 1 aliphatic rings. The summed E-state index contributed by atoms with van der Waals surface area (Å²) in [7, 11) is 0. The first-order valence-corrected chi connectivity index (χ1v) is 6.59. The first-order chi connectivity index (χ1) is 9.61. The van der Waals surface area contributed by atoms with Gasteiger partial charge in [-0.3, -0.25) is 9.59 Å². The highest BCUT2D eigenvalue weighted by atomic mass is 16.5. The van der Waals surface area contributed by atoms with Crippen molar-refractivity contribution >= 4 is 11.8 Å². The molecule has 1 heterocycles. The molecule has 20 heavy (non-hydrogen) atoms. The van der Waals surface area contributed by atoms with Gasteiger partial charge in [0.15, 0.2) is 6.61 Å². The number of ether oxygens (including phenoxy) is 1. The summed E-state index contributed by atoms with van der Waals surface area (Å²) in [5.74, 6) is -0.112. The van der Waals surface area contributed by atoms with Crippen LogP contribution in [0.25, 0.3) is 0 Å². The zero-order valence-corrected chi connectivity index (χ0v) is 11.2. The summed E-state index contributed by atoms with van der Waals surface area (Å²) < 4.78 is 5.51. The molecule has 0 spiro atoms. The molecule has 1 fully saturated rings. The number of rotatable bonds is 5. The van der Waals surface area contributed by atoms with Crippen LogP contribution in [-0.2, 0) is 16.1 Å². The van der Waals surface area contributed by atoms with Gasteiger partial charge in [0.1, 0.15) is 5.75 Å². The minimum atomic E-state index is -0.352. The largest absolute Gasteiger partial charge is 0.483 e. The van der Waals surface area contributed by atoms with Gasteiger partial charge in [0.25, 0.3) is 5.91 Å². The average molecular weight is 277 g/mol. The van der Waals surface area contributed by atoms with E-state index in [4.69, 9.17) is 16.2 Å². The van der Waals surface area contributed by atoms with Crippen LogP contribution in [0.4, 0.5) is 0 Å². The van der Waals surface area contributed by atoms with Gasteiger partial charge in [-0.2, -0.15) is 0 Å². The summed E-state index contributed by atoms with van der Waals surface area (Å²) in [5, 5.41) is 0. The Kier molecular flexibility index (Phi) is 4.57. The number of likely N-dealkylation sites (tertiary alicyclic amines) is 1. The fraction of sp³-hybridized carbons (Fsp3) is 0.429. The molecule has 2 amide bonds. The van der Waals surface area contributed by atoms with Crippen LogP contribution < -0.4 is 16.2 Å². The lowest BCUT2D eigenvalue weighted by Crippen LogP contribution is -2.35. The predicted octanol–water partition coefficient (Wildman–Crippen LogP) is -0.142. The maximum absolute atomic E-state index is 12.0. The Morgan fingerprint density at radius 2 is 2.10 bits per heavy atom. The zero-order chi connectivity index (χ0) is 14.5. The van der Waals surface area contributed by atoms with E-state index >= 15 is 0 Å². The smallest absolute Gasteiger partial charge is 0.260 e. The van der Waals surface area contributed by atoms with Crippen LogP contribution in [0.2, 0.25) is 0 Å². The Balaban J connectivity index is 1.88. The van der Waals surface area contributed by atoms with Crippen LogP contribution in [0.1, 0.15) is 12.0 Å². The quantitative estimate of drug-likeness (QED) is 0.782. The molecule has 1 unspecified atom stereocenters. The van der Waals surface area contributed by atoms with Crippen LogP contribution in [0.3, 0.4) is 0 Å². The van der Waals surface area contributed by atoms with Crippen molar-refractivity contribution in [3.8, 4) is 5.75 Å². The summed E-state index contributed by atoms with van der Waals surface area (Å²) in [6.07, 6.45) is 0.625. The topological polar surface area (TPSA) is 98.7 Å². The van der Waals surface area contributed by atoms with Gasteiger partial charge in [-0.15, -0.1) is 0 Å². The predicted molar refractivity (Wildman–Crippen MR) is 73.7 cm³/mol. The van der Waals surface area contributed by atoms with Gasteiger partial charge in [-0.25, -0.2) is 0 Å². The highest BCUT2D eigenvalue weighted by molar-refractivity contribution is 5.81.